The molecule has 0 spiro atoms. The summed E-state index contributed by atoms with van der Waals surface area (Å²) in [6, 6.07) is 31.9. The molecule has 3 aliphatic heterocycles. The highest BCUT2D eigenvalue weighted by Gasteiger charge is 2.24. The molecule has 3 N–H and O–H groups in total. The van der Waals surface area contributed by atoms with Crippen LogP contribution in [0, 0.1) is 0 Å². The molecular weight excluding hydrogens is 1160 g/mol. The number of furan rings is 2. The van der Waals surface area contributed by atoms with Crippen LogP contribution in [0.3, 0.4) is 0 Å². The molecule has 21 nitrogen and oxygen atoms in total. The number of hydrogen-bond acceptors (Lipinski definition) is 11. The van der Waals surface area contributed by atoms with E-state index in [1.807, 2.05) is 105 Å². The van der Waals surface area contributed by atoms with Gasteiger partial charge in [-0.3, -0.25) is 43.5 Å². The minimum absolute atomic E-state index is 0. The van der Waals surface area contributed by atoms with Gasteiger partial charge in [-0.05, 0) is 131 Å². The van der Waals surface area contributed by atoms with Crippen LogP contribution in [0.4, 0.5) is 0 Å². The molecule has 3 aromatic carbocycles. The van der Waals surface area contributed by atoms with E-state index in [1.165, 1.54) is 31.7 Å². The van der Waals surface area contributed by atoms with Crippen LogP contribution in [0.1, 0.15) is 109 Å². The summed E-state index contributed by atoms with van der Waals surface area (Å²) in [4.78, 5) is 111. The number of nitrogens with two attached hydrogens (primary N) is 1. The summed E-state index contributed by atoms with van der Waals surface area (Å²) >= 11 is 0. The Morgan fingerprint density at radius 3 is 1.61 bits per heavy atom. The van der Waals surface area contributed by atoms with E-state index in [0.29, 0.717) is 67.5 Å². The van der Waals surface area contributed by atoms with E-state index in [1.54, 1.807) is 94.9 Å². The Labute approximate surface area is 538 Å². The van der Waals surface area contributed by atoms with Gasteiger partial charge < -0.3 is 53.5 Å². The first-order valence-electron chi connectivity index (χ1n) is 31.0. The highest BCUT2D eigenvalue weighted by Crippen LogP contribution is 2.30. The van der Waals surface area contributed by atoms with Crippen LogP contribution in [0.15, 0.2) is 164 Å². The molecule has 6 amide bonds. The lowest BCUT2D eigenvalue weighted by Crippen LogP contribution is -2.39. The van der Waals surface area contributed by atoms with E-state index in [4.69, 9.17) is 14.6 Å². The number of aryl methyl sites for hydroxylation is 1. The first-order valence-corrected chi connectivity index (χ1v) is 31.0. The van der Waals surface area contributed by atoms with Crippen LogP contribution < -0.4 is 11.3 Å². The fourth-order valence-electron chi connectivity index (χ4n) is 10.4. The molecule has 0 fully saturated rings. The van der Waals surface area contributed by atoms with Gasteiger partial charge in [0.2, 0.25) is 17.7 Å². The smallest absolute Gasteiger partial charge is 0.289 e. The Bertz CT molecular complexity index is 4110. The molecule has 0 aliphatic carbocycles. The maximum Gasteiger partial charge on any atom is 0.289 e. The van der Waals surface area contributed by atoms with Crippen molar-refractivity contribution < 1.29 is 39.0 Å². The summed E-state index contributed by atoms with van der Waals surface area (Å²) in [5.41, 5.74) is 15.2. The minimum Gasteiger partial charge on any atom is -0.451 e. The summed E-state index contributed by atoms with van der Waals surface area (Å²) in [6.45, 7) is 11.7. The van der Waals surface area contributed by atoms with E-state index in [2.05, 4.69) is 38.2 Å². The molecule has 21 heteroatoms. The van der Waals surface area contributed by atoms with E-state index in [-0.39, 0.29) is 55.5 Å². The van der Waals surface area contributed by atoms with Crippen molar-refractivity contribution in [3.63, 3.8) is 0 Å². The van der Waals surface area contributed by atoms with Crippen molar-refractivity contribution in [2.75, 3.05) is 88.1 Å². The lowest BCUT2D eigenvalue weighted by atomic mass is 9.99. The molecule has 0 bridgehead atoms. The quantitative estimate of drug-likeness (QED) is 0.0765. The first kappa shape index (κ1) is 69.0. The van der Waals surface area contributed by atoms with E-state index < -0.39 is 0 Å². The molecule has 5 aromatic heterocycles. The van der Waals surface area contributed by atoms with Crippen molar-refractivity contribution >= 4 is 97.7 Å². The molecule has 0 saturated carbocycles. The van der Waals surface area contributed by atoms with Crippen LogP contribution in [-0.2, 0) is 27.3 Å². The number of fused-ring (bicyclic) bond motifs is 3. The summed E-state index contributed by atoms with van der Waals surface area (Å²) in [5, 5.41) is 2.72. The van der Waals surface area contributed by atoms with Crippen molar-refractivity contribution in [1.29, 1.82) is 0 Å². The van der Waals surface area contributed by atoms with Crippen LogP contribution in [0.5, 0.6) is 0 Å². The number of benzene rings is 3. The van der Waals surface area contributed by atoms with E-state index in [0.717, 1.165) is 99.2 Å². The normalized spacial score (nSPS) is 13.7. The van der Waals surface area contributed by atoms with Gasteiger partial charge in [0.05, 0.1) is 6.34 Å². The number of aromatic nitrogens is 3. The van der Waals surface area contributed by atoms with Crippen molar-refractivity contribution in [3.8, 4) is 0 Å². The van der Waals surface area contributed by atoms with E-state index >= 15 is 0 Å². The number of pyridine rings is 2. The molecule has 484 valence electrons. The second-order valence-electron chi connectivity index (χ2n) is 22.1. The molecule has 0 atom stereocenters. The number of carbonyl (C=O) groups excluding carboxylic acids is 6. The molecule has 0 unspecified atom stereocenters. The maximum atomic E-state index is 12.7. The zero-order chi connectivity index (χ0) is 66.4. The third-order valence-corrected chi connectivity index (χ3v) is 15.2. The zero-order valence-corrected chi connectivity index (χ0v) is 54.3. The van der Waals surface area contributed by atoms with Gasteiger partial charge in [0.25, 0.3) is 23.3 Å². The Kier molecular flexibility index (Phi) is 25.1. The van der Waals surface area contributed by atoms with Crippen molar-refractivity contribution in [2.45, 2.75) is 66.3 Å². The van der Waals surface area contributed by atoms with Gasteiger partial charge in [-0.25, -0.2) is 4.99 Å². The number of H-pyrrole nitrogens is 1. The lowest BCUT2D eigenvalue weighted by Gasteiger charge is -2.28. The number of hydrogen-bond donors (Lipinski definition) is 2. The molecule has 11 rings (SSSR count). The zero-order valence-electron chi connectivity index (χ0n) is 54.3. The summed E-state index contributed by atoms with van der Waals surface area (Å²) in [7, 11) is 10.2. The van der Waals surface area contributed by atoms with Crippen LogP contribution in [-0.4, -0.2) is 180 Å². The summed E-state index contributed by atoms with van der Waals surface area (Å²) in [5.74, 6) is 0.271. The molecule has 0 radical (unpaired) electrons. The number of aliphatic imine (C=N–C) groups is 2. The van der Waals surface area contributed by atoms with Crippen molar-refractivity contribution in [3.05, 3.63) is 190 Å². The van der Waals surface area contributed by atoms with Gasteiger partial charge in [-0.2, -0.15) is 0 Å². The molecule has 8 heterocycles. The van der Waals surface area contributed by atoms with Gasteiger partial charge in [0.1, 0.15) is 36.3 Å². The number of nitrogens with one attached hydrogen (secondary N) is 1. The summed E-state index contributed by atoms with van der Waals surface area (Å²) < 4.78 is 12.8. The van der Waals surface area contributed by atoms with Gasteiger partial charge in [0.15, 0.2) is 11.5 Å². The first-order chi connectivity index (χ1) is 44.4. The van der Waals surface area contributed by atoms with Crippen LogP contribution in [0.2, 0.25) is 0 Å². The largest absolute Gasteiger partial charge is 0.451 e. The number of carbonyl (C=O) groups is 6. The Morgan fingerprint density at radius 1 is 0.598 bits per heavy atom. The Hall–Kier alpha value is -10.4. The van der Waals surface area contributed by atoms with E-state index in [9.17, 15) is 33.6 Å². The average molecular weight is 1250 g/mol. The fourth-order valence-corrected chi connectivity index (χ4v) is 10.4. The molecule has 92 heavy (non-hydrogen) atoms. The SMILES string of the molecule is CC.CC.CN(C)C(=O)c1cc2cc(C3=CCCN(C(=O)CCc4ccncc4)C3)ccc2o1.CN(C)C(=O)c1cc2cc(C3=CCCN(C(=O)CN=CN=CN)C3)ccc2o1.CN(C)C(=O)c1cc2ccc(C3=CCCN(C(=O)Cn4ccccc4=O)C3)cc2[nH]1.[HH]. The Balaban J connectivity index is 0.000000214. The van der Waals surface area contributed by atoms with Crippen LogP contribution in [0.25, 0.3) is 49.6 Å². The maximum absolute atomic E-state index is 12.7. The molecule has 0 saturated heterocycles. The van der Waals surface area contributed by atoms with Gasteiger partial charge >= 0.3 is 0 Å². The number of amides is 6. The van der Waals surface area contributed by atoms with Gasteiger partial charge in [0, 0.05) is 136 Å². The molecule has 8 aromatic rings. The van der Waals surface area contributed by atoms with Crippen molar-refractivity contribution in [1.82, 2.24) is 43.9 Å². The predicted octanol–water partition coefficient (Wildman–Crippen LogP) is 10.2. The number of rotatable bonds is 14. The molecular formula is C71H86N12O9. The number of nitrogens with zero attached hydrogens (tertiary/aromatic N) is 10. The standard InChI is InChI=1S/C24H25N3O3.C23H24N4O3.C20H23N5O3.2C2H6.H2/c1-26(2)24(29)22-15-20-14-18(6-7-21(20)30-22)19-4-3-13-27(16-19)23(28)8-5-17-9-11-25-12-10-17;1-25(2)23(30)20-13-17-9-8-16(12-19(17)24-20)18-6-5-11-26(14-18)22(29)15-27-10-4-3-7-21(27)28;1-24(2)20(27)18-9-16-8-14(5-6-17(16)28-18)15-4-3-7-25(11-15)19(26)10-22-13-23-12-21;2*1-2;/h4,6-7,9-12,14-15H,3,5,8,13,16H2,1-2H3;3-4,6-10,12-13,24H,5,11,14-15H2,1-2H3;4-6,8-9,12-13H,3,7,10-11H2,1-2H3,(H2,21,22,23);2*1-2H3;1H. The fraction of sp³-hybridized carbons (Fsp3) is 0.324. The average Bonchev–Trinajstić information content (AvgIpc) is 1.78. The second kappa shape index (κ2) is 33.4. The highest BCUT2D eigenvalue weighted by atomic mass is 16.4. The summed E-state index contributed by atoms with van der Waals surface area (Å²) in [6.07, 6.45) is 17.6. The minimum atomic E-state index is -0.182. The van der Waals surface area contributed by atoms with Gasteiger partial charge in [-0.1, -0.05) is 76.3 Å². The third kappa shape index (κ3) is 18.1. The van der Waals surface area contributed by atoms with Crippen molar-refractivity contribution in [2.24, 2.45) is 15.7 Å². The predicted molar refractivity (Wildman–Crippen MR) is 366 cm³/mol. The van der Waals surface area contributed by atoms with Gasteiger partial charge in [-0.15, -0.1) is 0 Å². The topological polar surface area (TPSA) is 250 Å². The third-order valence-electron chi connectivity index (χ3n) is 15.2. The second-order valence-corrected chi connectivity index (χ2v) is 22.1. The molecule has 3 aliphatic rings. The lowest BCUT2D eigenvalue weighted by molar-refractivity contribution is -0.131. The Morgan fingerprint density at radius 2 is 1.10 bits per heavy atom. The van der Waals surface area contributed by atoms with Crippen LogP contribution >= 0.6 is 0 Å². The number of aromatic amines is 1. The monoisotopic (exact) mass is 1250 g/mol. The highest BCUT2D eigenvalue weighted by molar-refractivity contribution is 6.00.